The highest BCUT2D eigenvalue weighted by molar-refractivity contribution is 9.10. The third kappa shape index (κ3) is 3.35. The Balaban J connectivity index is 2.09. The van der Waals surface area contributed by atoms with Crippen LogP contribution in [0.4, 0.5) is 15.8 Å². The number of rotatable bonds is 2. The molecule has 1 saturated carbocycles. The number of benzene rings is 1. The third-order valence-electron chi connectivity index (χ3n) is 3.31. The van der Waals surface area contributed by atoms with E-state index in [1.165, 1.54) is 31.7 Å². The van der Waals surface area contributed by atoms with E-state index in [-0.39, 0.29) is 5.82 Å². The Kier molecular flexibility index (Phi) is 4.26. The lowest BCUT2D eigenvalue weighted by Gasteiger charge is -2.19. The minimum absolute atomic E-state index is 0.268. The Morgan fingerprint density at radius 3 is 2.47 bits per heavy atom. The second-order valence-corrected chi connectivity index (χ2v) is 5.54. The van der Waals surface area contributed by atoms with Crippen molar-refractivity contribution in [3.8, 4) is 0 Å². The largest absolute Gasteiger partial charge is 0.397 e. The van der Waals surface area contributed by atoms with Gasteiger partial charge in [0.15, 0.2) is 0 Å². The average Bonchev–Trinajstić information content (AvgIpc) is 2.54. The van der Waals surface area contributed by atoms with E-state index in [9.17, 15) is 4.39 Å². The van der Waals surface area contributed by atoms with Crippen LogP contribution >= 0.6 is 15.9 Å². The predicted octanol–water partition coefficient (Wildman–Crippen LogP) is 4.31. The van der Waals surface area contributed by atoms with Crippen molar-refractivity contribution in [2.45, 2.75) is 44.6 Å². The van der Waals surface area contributed by atoms with Gasteiger partial charge in [-0.05, 0) is 34.8 Å². The number of halogens is 2. The van der Waals surface area contributed by atoms with Crippen LogP contribution in [0.3, 0.4) is 0 Å². The molecule has 0 atom stereocenters. The Labute approximate surface area is 110 Å². The lowest BCUT2D eigenvalue weighted by Crippen LogP contribution is -2.19. The van der Waals surface area contributed by atoms with Crippen molar-refractivity contribution in [3.63, 3.8) is 0 Å². The number of nitrogens with two attached hydrogens (primary N) is 1. The van der Waals surface area contributed by atoms with Gasteiger partial charge in [-0.15, -0.1) is 0 Å². The fraction of sp³-hybridized carbons (Fsp3) is 0.538. The molecule has 0 aromatic heterocycles. The van der Waals surface area contributed by atoms with E-state index in [2.05, 4.69) is 21.2 Å². The minimum Gasteiger partial charge on any atom is -0.397 e. The van der Waals surface area contributed by atoms with Crippen molar-refractivity contribution in [2.24, 2.45) is 0 Å². The predicted molar refractivity (Wildman–Crippen MR) is 73.6 cm³/mol. The summed E-state index contributed by atoms with van der Waals surface area (Å²) in [5, 5.41) is 3.37. The van der Waals surface area contributed by atoms with E-state index in [0.717, 1.165) is 18.5 Å². The highest BCUT2D eigenvalue weighted by atomic mass is 79.9. The van der Waals surface area contributed by atoms with Crippen LogP contribution in [-0.2, 0) is 0 Å². The van der Waals surface area contributed by atoms with Crippen molar-refractivity contribution in [1.29, 1.82) is 0 Å². The highest BCUT2D eigenvalue weighted by Crippen LogP contribution is 2.29. The molecule has 94 valence electrons. The second-order valence-electron chi connectivity index (χ2n) is 4.69. The van der Waals surface area contributed by atoms with Gasteiger partial charge in [-0.1, -0.05) is 25.7 Å². The maximum absolute atomic E-state index is 13.5. The van der Waals surface area contributed by atoms with Crippen molar-refractivity contribution in [1.82, 2.24) is 0 Å². The van der Waals surface area contributed by atoms with Gasteiger partial charge in [0, 0.05) is 12.1 Å². The number of hydrogen-bond acceptors (Lipinski definition) is 2. The third-order valence-corrected chi connectivity index (χ3v) is 3.91. The van der Waals surface area contributed by atoms with E-state index in [0.29, 0.717) is 16.2 Å². The van der Waals surface area contributed by atoms with Gasteiger partial charge < -0.3 is 11.1 Å². The summed E-state index contributed by atoms with van der Waals surface area (Å²) in [5.74, 6) is -0.268. The van der Waals surface area contributed by atoms with Crippen molar-refractivity contribution in [2.75, 3.05) is 11.1 Å². The molecule has 1 aliphatic rings. The SMILES string of the molecule is Nc1cc(Br)c(F)cc1NC1CCCCCC1. The molecule has 0 radical (unpaired) electrons. The Hall–Kier alpha value is -0.770. The summed E-state index contributed by atoms with van der Waals surface area (Å²) in [6.45, 7) is 0. The first-order valence-electron chi connectivity index (χ1n) is 6.18. The van der Waals surface area contributed by atoms with Crippen LogP contribution in [-0.4, -0.2) is 6.04 Å². The summed E-state index contributed by atoms with van der Waals surface area (Å²) in [7, 11) is 0. The molecular formula is C13H18BrFN2. The zero-order chi connectivity index (χ0) is 12.3. The van der Waals surface area contributed by atoms with E-state index in [1.807, 2.05) is 0 Å². The molecule has 17 heavy (non-hydrogen) atoms. The molecule has 0 heterocycles. The smallest absolute Gasteiger partial charge is 0.139 e. The summed E-state index contributed by atoms with van der Waals surface area (Å²) in [6, 6.07) is 3.53. The van der Waals surface area contributed by atoms with E-state index in [1.54, 1.807) is 6.07 Å². The molecule has 1 aromatic rings. The van der Waals surface area contributed by atoms with Gasteiger partial charge in [0.1, 0.15) is 5.82 Å². The maximum Gasteiger partial charge on any atom is 0.139 e. The number of nitrogen functional groups attached to an aromatic ring is 1. The van der Waals surface area contributed by atoms with Crippen molar-refractivity contribution >= 4 is 27.3 Å². The standard InChI is InChI=1S/C13H18BrFN2/c14-10-7-12(16)13(8-11(10)15)17-9-5-3-1-2-4-6-9/h7-9,17H,1-6,16H2. The molecule has 0 spiro atoms. The van der Waals surface area contributed by atoms with Crippen LogP contribution in [0, 0.1) is 5.82 Å². The van der Waals surface area contributed by atoms with E-state index in [4.69, 9.17) is 5.73 Å². The molecule has 2 rings (SSSR count). The number of nitrogens with one attached hydrogen (secondary N) is 1. The first kappa shape index (κ1) is 12.7. The monoisotopic (exact) mass is 300 g/mol. The van der Waals surface area contributed by atoms with Gasteiger partial charge in [-0.2, -0.15) is 0 Å². The summed E-state index contributed by atoms with van der Waals surface area (Å²) < 4.78 is 13.9. The van der Waals surface area contributed by atoms with Gasteiger partial charge in [0.25, 0.3) is 0 Å². The van der Waals surface area contributed by atoms with Crippen LogP contribution in [0.15, 0.2) is 16.6 Å². The summed E-state index contributed by atoms with van der Waals surface area (Å²) >= 11 is 3.14. The molecule has 1 aliphatic carbocycles. The normalized spacial score (nSPS) is 17.8. The van der Waals surface area contributed by atoms with Gasteiger partial charge in [-0.25, -0.2) is 4.39 Å². The molecule has 0 unspecified atom stereocenters. The average molecular weight is 301 g/mol. The van der Waals surface area contributed by atoms with Gasteiger partial charge >= 0.3 is 0 Å². The topological polar surface area (TPSA) is 38.0 Å². The Morgan fingerprint density at radius 2 is 1.82 bits per heavy atom. The quantitative estimate of drug-likeness (QED) is 0.631. The Bertz CT molecular complexity index is 387. The van der Waals surface area contributed by atoms with E-state index >= 15 is 0 Å². The molecule has 3 N–H and O–H groups in total. The molecule has 4 heteroatoms. The van der Waals surface area contributed by atoms with Crippen molar-refractivity contribution < 1.29 is 4.39 Å². The lowest BCUT2D eigenvalue weighted by atomic mass is 10.1. The molecular weight excluding hydrogens is 283 g/mol. The lowest BCUT2D eigenvalue weighted by molar-refractivity contribution is 0.611. The molecule has 2 nitrogen and oxygen atoms in total. The molecule has 0 amide bonds. The van der Waals surface area contributed by atoms with Gasteiger partial charge in [0.2, 0.25) is 0 Å². The highest BCUT2D eigenvalue weighted by Gasteiger charge is 2.14. The fourth-order valence-electron chi connectivity index (χ4n) is 2.33. The molecule has 0 bridgehead atoms. The first-order valence-corrected chi connectivity index (χ1v) is 6.97. The van der Waals surface area contributed by atoms with Crippen LogP contribution in [0.5, 0.6) is 0 Å². The fourth-order valence-corrected chi connectivity index (χ4v) is 2.69. The summed E-state index contributed by atoms with van der Waals surface area (Å²) in [5.41, 5.74) is 7.21. The summed E-state index contributed by atoms with van der Waals surface area (Å²) in [4.78, 5) is 0. The maximum atomic E-state index is 13.5. The molecule has 0 saturated heterocycles. The first-order chi connectivity index (χ1) is 8.16. The van der Waals surface area contributed by atoms with Crippen LogP contribution in [0.1, 0.15) is 38.5 Å². The van der Waals surface area contributed by atoms with Crippen LogP contribution in [0.25, 0.3) is 0 Å². The zero-order valence-electron chi connectivity index (χ0n) is 9.81. The number of anilines is 2. The molecule has 1 aromatic carbocycles. The zero-order valence-corrected chi connectivity index (χ0v) is 11.4. The Morgan fingerprint density at radius 1 is 1.18 bits per heavy atom. The second kappa shape index (κ2) is 5.71. The van der Waals surface area contributed by atoms with Gasteiger partial charge in [0.05, 0.1) is 15.8 Å². The molecule has 1 fully saturated rings. The van der Waals surface area contributed by atoms with Crippen LogP contribution < -0.4 is 11.1 Å². The number of hydrogen-bond donors (Lipinski definition) is 2. The summed E-state index contributed by atoms with van der Waals surface area (Å²) in [6.07, 6.45) is 7.41. The van der Waals surface area contributed by atoms with E-state index < -0.39 is 0 Å². The minimum atomic E-state index is -0.268. The van der Waals surface area contributed by atoms with Crippen molar-refractivity contribution in [3.05, 3.63) is 22.4 Å². The van der Waals surface area contributed by atoms with Gasteiger partial charge in [-0.3, -0.25) is 0 Å². The molecule has 0 aliphatic heterocycles. The van der Waals surface area contributed by atoms with Crippen LogP contribution in [0.2, 0.25) is 0 Å².